The van der Waals surface area contributed by atoms with E-state index in [-0.39, 0.29) is 24.1 Å². The van der Waals surface area contributed by atoms with E-state index >= 15 is 0 Å². The summed E-state index contributed by atoms with van der Waals surface area (Å²) in [6, 6.07) is 4.53. The van der Waals surface area contributed by atoms with Crippen LogP contribution in [0.15, 0.2) is 18.2 Å². The van der Waals surface area contributed by atoms with Crippen LogP contribution >= 0.6 is 0 Å². The van der Waals surface area contributed by atoms with Crippen molar-refractivity contribution in [2.75, 3.05) is 11.9 Å². The van der Waals surface area contributed by atoms with Crippen LogP contribution in [0.25, 0.3) is 0 Å². The van der Waals surface area contributed by atoms with Crippen molar-refractivity contribution in [3.63, 3.8) is 0 Å². The highest BCUT2D eigenvalue weighted by atomic mass is 19.1. The fourth-order valence-corrected chi connectivity index (χ4v) is 3.08. The summed E-state index contributed by atoms with van der Waals surface area (Å²) in [5.41, 5.74) is 0.759. The molecule has 0 saturated heterocycles. The van der Waals surface area contributed by atoms with Gasteiger partial charge in [-0.15, -0.1) is 0 Å². The Balaban J connectivity index is 1.63. The quantitative estimate of drug-likeness (QED) is 0.839. The number of benzene rings is 1. The molecule has 0 aliphatic heterocycles. The van der Waals surface area contributed by atoms with Gasteiger partial charge in [-0.3, -0.25) is 4.79 Å². The largest absolute Gasteiger partial charge is 0.395 e. The molecule has 0 radical (unpaired) electrons. The van der Waals surface area contributed by atoms with Crippen LogP contribution < -0.4 is 5.32 Å². The van der Waals surface area contributed by atoms with Gasteiger partial charge in [0.25, 0.3) is 0 Å². The average molecular weight is 287 g/mol. The number of nitrogens with one attached hydrogen (secondary N) is 1. The molecule has 2 atom stereocenters. The molecule has 21 heavy (non-hydrogen) atoms. The molecular formula is C17H18FNO2. The Hall–Kier alpha value is -1.86. The minimum atomic E-state index is -0.470. The molecule has 1 aromatic rings. The minimum Gasteiger partial charge on any atom is -0.395 e. The standard InChI is InChI=1S/C17H18FNO2/c18-15-7-11(3-1-2-6-20)4-5-16(15)19-17(21)14-9-12-8-13(12)10-14/h4-5,7,12-14,20H,2,6,8-10H2,(H,19,21). The molecule has 1 amide bonds. The Morgan fingerprint density at radius 2 is 2.10 bits per heavy atom. The summed E-state index contributed by atoms with van der Waals surface area (Å²) in [7, 11) is 0. The summed E-state index contributed by atoms with van der Waals surface area (Å²) in [5.74, 6) is 6.47. The zero-order valence-electron chi connectivity index (χ0n) is 11.7. The van der Waals surface area contributed by atoms with Crippen LogP contribution in [0, 0.1) is 35.4 Å². The Morgan fingerprint density at radius 3 is 2.76 bits per heavy atom. The van der Waals surface area contributed by atoms with Gasteiger partial charge in [-0.25, -0.2) is 4.39 Å². The third-order valence-electron chi connectivity index (χ3n) is 4.31. The number of amides is 1. The van der Waals surface area contributed by atoms with Crippen molar-refractivity contribution in [1.82, 2.24) is 0 Å². The summed E-state index contributed by atoms with van der Waals surface area (Å²) in [4.78, 5) is 12.1. The first kappa shape index (κ1) is 14.1. The maximum atomic E-state index is 14.0. The molecule has 0 heterocycles. The van der Waals surface area contributed by atoms with Gasteiger partial charge in [0.15, 0.2) is 0 Å². The number of aliphatic hydroxyl groups is 1. The van der Waals surface area contributed by atoms with Gasteiger partial charge in [0.05, 0.1) is 12.3 Å². The average Bonchev–Trinajstić information content (AvgIpc) is 3.08. The van der Waals surface area contributed by atoms with Crippen molar-refractivity contribution < 1.29 is 14.3 Å². The summed E-state index contributed by atoms with van der Waals surface area (Å²) in [6.45, 7) is -0.00694. The summed E-state index contributed by atoms with van der Waals surface area (Å²) in [5, 5.41) is 11.3. The Labute approximate surface area is 123 Å². The smallest absolute Gasteiger partial charge is 0.227 e. The number of carbonyl (C=O) groups excluding carboxylic acids is 1. The van der Waals surface area contributed by atoms with E-state index in [2.05, 4.69) is 17.2 Å². The molecule has 4 heteroatoms. The molecule has 110 valence electrons. The zero-order chi connectivity index (χ0) is 14.8. The number of hydrogen-bond acceptors (Lipinski definition) is 2. The van der Waals surface area contributed by atoms with Gasteiger partial charge < -0.3 is 10.4 Å². The van der Waals surface area contributed by atoms with Crippen LogP contribution in [0.4, 0.5) is 10.1 Å². The molecule has 1 aromatic carbocycles. The van der Waals surface area contributed by atoms with Crippen LogP contribution in [0.3, 0.4) is 0 Å². The van der Waals surface area contributed by atoms with Gasteiger partial charge in [0.1, 0.15) is 5.82 Å². The molecule has 3 rings (SSSR count). The lowest BCUT2D eigenvalue weighted by Crippen LogP contribution is -2.22. The lowest BCUT2D eigenvalue weighted by molar-refractivity contribution is -0.120. The van der Waals surface area contributed by atoms with E-state index in [9.17, 15) is 9.18 Å². The van der Waals surface area contributed by atoms with E-state index < -0.39 is 5.82 Å². The lowest BCUT2D eigenvalue weighted by Gasteiger charge is -2.12. The highest BCUT2D eigenvalue weighted by Gasteiger charge is 2.48. The zero-order valence-corrected chi connectivity index (χ0v) is 11.7. The lowest BCUT2D eigenvalue weighted by atomic mass is 10.0. The van der Waals surface area contributed by atoms with E-state index in [0.29, 0.717) is 12.0 Å². The van der Waals surface area contributed by atoms with E-state index in [1.165, 1.54) is 12.5 Å². The molecule has 2 aliphatic rings. The van der Waals surface area contributed by atoms with Crippen LogP contribution in [0.2, 0.25) is 0 Å². The van der Waals surface area contributed by atoms with Gasteiger partial charge >= 0.3 is 0 Å². The highest BCUT2D eigenvalue weighted by molar-refractivity contribution is 5.93. The van der Waals surface area contributed by atoms with E-state index in [1.54, 1.807) is 12.1 Å². The molecule has 2 saturated carbocycles. The number of aliphatic hydroxyl groups excluding tert-OH is 1. The van der Waals surface area contributed by atoms with Crippen molar-refractivity contribution in [2.45, 2.75) is 25.7 Å². The second-order valence-corrected chi connectivity index (χ2v) is 5.88. The molecule has 2 unspecified atom stereocenters. The summed E-state index contributed by atoms with van der Waals surface area (Å²) < 4.78 is 14.0. The van der Waals surface area contributed by atoms with E-state index in [0.717, 1.165) is 24.7 Å². The van der Waals surface area contributed by atoms with Crippen LogP contribution in [-0.2, 0) is 4.79 Å². The van der Waals surface area contributed by atoms with E-state index in [1.807, 2.05) is 0 Å². The second-order valence-electron chi connectivity index (χ2n) is 5.88. The number of fused-ring (bicyclic) bond motifs is 1. The molecule has 3 nitrogen and oxygen atoms in total. The van der Waals surface area contributed by atoms with E-state index in [4.69, 9.17) is 5.11 Å². The Bertz CT molecular complexity index is 607. The Morgan fingerprint density at radius 1 is 1.33 bits per heavy atom. The molecule has 0 aromatic heterocycles. The molecule has 2 fully saturated rings. The second kappa shape index (κ2) is 5.87. The summed E-state index contributed by atoms with van der Waals surface area (Å²) >= 11 is 0. The molecule has 0 bridgehead atoms. The molecule has 0 spiro atoms. The van der Waals surface area contributed by atoms with Crippen molar-refractivity contribution in [2.24, 2.45) is 17.8 Å². The molecule has 2 aliphatic carbocycles. The van der Waals surface area contributed by atoms with Crippen molar-refractivity contribution >= 4 is 11.6 Å². The minimum absolute atomic E-state index is 0.00694. The Kier molecular flexibility index (Phi) is 3.94. The molecular weight excluding hydrogens is 269 g/mol. The fourth-order valence-electron chi connectivity index (χ4n) is 3.08. The van der Waals surface area contributed by atoms with Gasteiger partial charge in [-0.2, -0.15) is 0 Å². The maximum absolute atomic E-state index is 14.0. The van der Waals surface area contributed by atoms with Gasteiger partial charge in [-0.1, -0.05) is 11.8 Å². The van der Waals surface area contributed by atoms with Crippen molar-refractivity contribution in [1.29, 1.82) is 0 Å². The van der Waals surface area contributed by atoms with Crippen molar-refractivity contribution in [3.05, 3.63) is 29.6 Å². The third kappa shape index (κ3) is 3.25. The van der Waals surface area contributed by atoms with Crippen LogP contribution in [-0.4, -0.2) is 17.6 Å². The number of hydrogen-bond donors (Lipinski definition) is 2. The van der Waals surface area contributed by atoms with Crippen LogP contribution in [0.1, 0.15) is 31.2 Å². The first-order valence-electron chi connectivity index (χ1n) is 7.37. The number of anilines is 1. The third-order valence-corrected chi connectivity index (χ3v) is 4.31. The first-order chi connectivity index (χ1) is 10.2. The topological polar surface area (TPSA) is 49.3 Å². The monoisotopic (exact) mass is 287 g/mol. The van der Waals surface area contributed by atoms with Crippen LogP contribution in [0.5, 0.6) is 0 Å². The van der Waals surface area contributed by atoms with Gasteiger partial charge in [-0.05, 0) is 49.3 Å². The first-order valence-corrected chi connectivity index (χ1v) is 7.37. The summed E-state index contributed by atoms with van der Waals surface area (Å²) in [6.07, 6.45) is 3.52. The highest BCUT2D eigenvalue weighted by Crippen LogP contribution is 2.54. The predicted octanol–water partition coefficient (Wildman–Crippen LogP) is 2.54. The van der Waals surface area contributed by atoms with Gasteiger partial charge in [0, 0.05) is 17.9 Å². The predicted molar refractivity (Wildman–Crippen MR) is 77.9 cm³/mol. The normalized spacial score (nSPS) is 25.7. The number of carbonyl (C=O) groups is 1. The number of halogens is 1. The van der Waals surface area contributed by atoms with Crippen molar-refractivity contribution in [3.8, 4) is 11.8 Å². The SMILES string of the molecule is O=C(Nc1ccc(C#CCCO)cc1F)C1CC2CC2C1. The fraction of sp³-hybridized carbons (Fsp3) is 0.471. The maximum Gasteiger partial charge on any atom is 0.227 e. The number of rotatable bonds is 3. The van der Waals surface area contributed by atoms with Gasteiger partial charge in [0.2, 0.25) is 5.91 Å². The molecule has 2 N–H and O–H groups in total.